The van der Waals surface area contributed by atoms with E-state index in [0.29, 0.717) is 23.1 Å². The van der Waals surface area contributed by atoms with Crippen LogP contribution in [0.25, 0.3) is 0 Å². The van der Waals surface area contributed by atoms with Crippen molar-refractivity contribution in [2.45, 2.75) is 32.7 Å². The van der Waals surface area contributed by atoms with Gasteiger partial charge in [0.1, 0.15) is 11.4 Å². The molecule has 1 unspecified atom stereocenters. The largest absolute Gasteiger partial charge is 0.477 e. The highest BCUT2D eigenvalue weighted by Gasteiger charge is 2.28. The number of likely N-dealkylation sites (tertiary alicyclic amines) is 1. The number of aryl methyl sites for hydroxylation is 2. The van der Waals surface area contributed by atoms with Gasteiger partial charge in [-0.15, -0.1) is 0 Å². The van der Waals surface area contributed by atoms with Gasteiger partial charge in [0.05, 0.1) is 5.69 Å². The lowest BCUT2D eigenvalue weighted by molar-refractivity contribution is 0.0696. The molecule has 20 heavy (non-hydrogen) atoms. The van der Waals surface area contributed by atoms with Crippen LogP contribution >= 0.6 is 0 Å². The number of anilines is 1. The molecule has 0 spiro atoms. The van der Waals surface area contributed by atoms with Crippen molar-refractivity contribution in [1.29, 1.82) is 0 Å². The van der Waals surface area contributed by atoms with Crippen molar-refractivity contribution in [3.63, 3.8) is 0 Å². The van der Waals surface area contributed by atoms with Crippen LogP contribution in [0.15, 0.2) is 0 Å². The molecule has 1 saturated heterocycles. The zero-order valence-corrected chi connectivity index (χ0v) is 12.8. The molecule has 0 saturated carbocycles. The van der Waals surface area contributed by atoms with E-state index < -0.39 is 5.97 Å². The number of carboxylic acid groups (broad SMARTS) is 1. The Balaban J connectivity index is 2.21. The van der Waals surface area contributed by atoms with E-state index in [-0.39, 0.29) is 0 Å². The molecule has 6 nitrogen and oxygen atoms in total. The Bertz CT molecular complexity index is 498. The molecular weight excluding hydrogens is 256 g/mol. The molecule has 0 bridgehead atoms. The first-order chi connectivity index (χ1) is 9.45. The van der Waals surface area contributed by atoms with Gasteiger partial charge in [-0.25, -0.2) is 4.79 Å². The second kappa shape index (κ2) is 5.83. The maximum Gasteiger partial charge on any atom is 0.341 e. The van der Waals surface area contributed by atoms with Gasteiger partial charge in [-0.2, -0.15) is 5.10 Å². The molecule has 1 aliphatic heterocycles. The minimum absolute atomic E-state index is 0.316. The number of likely N-dealkylation sites (N-methyl/N-ethyl adjacent to an activating group) is 2. The van der Waals surface area contributed by atoms with Crippen LogP contribution in [0.2, 0.25) is 0 Å². The molecule has 1 aromatic rings. The van der Waals surface area contributed by atoms with Crippen molar-refractivity contribution in [2.24, 2.45) is 7.05 Å². The molecule has 1 N–H and O–H groups in total. The predicted octanol–water partition coefficient (Wildman–Crippen LogP) is 1.35. The molecular formula is C14H24N4O2. The van der Waals surface area contributed by atoms with Gasteiger partial charge in [-0.05, 0) is 32.9 Å². The minimum atomic E-state index is -0.906. The number of hydrogen-bond donors (Lipinski definition) is 1. The third kappa shape index (κ3) is 2.65. The van der Waals surface area contributed by atoms with Gasteiger partial charge in [0.25, 0.3) is 0 Å². The van der Waals surface area contributed by atoms with Gasteiger partial charge in [0.2, 0.25) is 0 Å². The molecule has 1 fully saturated rings. The number of hydrogen-bond acceptors (Lipinski definition) is 4. The summed E-state index contributed by atoms with van der Waals surface area (Å²) in [5.41, 5.74) is 0.886. The molecule has 0 amide bonds. The number of rotatable bonds is 5. The minimum Gasteiger partial charge on any atom is -0.477 e. The van der Waals surface area contributed by atoms with Gasteiger partial charge < -0.3 is 10.0 Å². The summed E-state index contributed by atoms with van der Waals surface area (Å²) in [6, 6.07) is 0.502. The first-order valence-electron chi connectivity index (χ1n) is 7.17. The summed E-state index contributed by atoms with van der Waals surface area (Å²) >= 11 is 0. The van der Waals surface area contributed by atoms with E-state index in [1.165, 1.54) is 12.8 Å². The lowest BCUT2D eigenvalue weighted by atomic mass is 10.2. The van der Waals surface area contributed by atoms with Gasteiger partial charge in [0.15, 0.2) is 0 Å². The number of carbonyl (C=O) groups is 1. The SMILES string of the molecule is CCN1CCCC1CN(C)c1c(C(=O)O)c(C)nn1C. The first kappa shape index (κ1) is 14.8. The summed E-state index contributed by atoms with van der Waals surface area (Å²) in [5.74, 6) is -0.214. The van der Waals surface area contributed by atoms with Crippen molar-refractivity contribution < 1.29 is 9.90 Å². The Kier molecular flexibility index (Phi) is 4.32. The fraction of sp³-hybridized carbons (Fsp3) is 0.714. The van der Waals surface area contributed by atoms with Crippen molar-refractivity contribution in [3.05, 3.63) is 11.3 Å². The Morgan fingerprint density at radius 2 is 2.25 bits per heavy atom. The van der Waals surface area contributed by atoms with Gasteiger partial charge in [0, 0.05) is 26.7 Å². The van der Waals surface area contributed by atoms with Crippen LogP contribution in [-0.2, 0) is 7.05 Å². The molecule has 6 heteroatoms. The van der Waals surface area contributed by atoms with Crippen molar-refractivity contribution >= 4 is 11.8 Å². The fourth-order valence-electron chi connectivity index (χ4n) is 3.26. The van der Waals surface area contributed by atoms with E-state index in [1.807, 2.05) is 11.9 Å². The van der Waals surface area contributed by atoms with E-state index in [2.05, 4.69) is 16.9 Å². The first-order valence-corrected chi connectivity index (χ1v) is 7.17. The van der Waals surface area contributed by atoms with E-state index in [9.17, 15) is 9.90 Å². The van der Waals surface area contributed by atoms with Crippen LogP contribution in [0.1, 0.15) is 35.8 Å². The predicted molar refractivity (Wildman–Crippen MR) is 78.4 cm³/mol. The average Bonchev–Trinajstić information content (AvgIpc) is 2.92. The highest BCUT2D eigenvalue weighted by molar-refractivity contribution is 5.94. The van der Waals surface area contributed by atoms with Crippen molar-refractivity contribution in [2.75, 3.05) is 31.6 Å². The van der Waals surface area contributed by atoms with E-state index in [4.69, 9.17) is 0 Å². The summed E-state index contributed by atoms with van der Waals surface area (Å²) < 4.78 is 1.67. The average molecular weight is 280 g/mol. The number of aromatic nitrogens is 2. The normalized spacial score (nSPS) is 19.5. The number of carboxylic acids is 1. The Morgan fingerprint density at radius 3 is 2.85 bits per heavy atom. The van der Waals surface area contributed by atoms with Gasteiger partial charge >= 0.3 is 5.97 Å². The maximum absolute atomic E-state index is 11.4. The van der Waals surface area contributed by atoms with Crippen LogP contribution < -0.4 is 4.90 Å². The lowest BCUT2D eigenvalue weighted by Gasteiger charge is -2.29. The van der Waals surface area contributed by atoms with Crippen LogP contribution in [0.4, 0.5) is 5.82 Å². The zero-order valence-electron chi connectivity index (χ0n) is 12.8. The maximum atomic E-state index is 11.4. The molecule has 112 valence electrons. The summed E-state index contributed by atoms with van der Waals surface area (Å²) in [5, 5.41) is 13.6. The standard InChI is InChI=1S/C14H24N4O2/c1-5-18-8-6-7-11(18)9-16(3)13-12(14(19)20)10(2)15-17(13)4/h11H,5-9H2,1-4H3,(H,19,20). The Hall–Kier alpha value is -1.56. The molecule has 1 atom stereocenters. The monoisotopic (exact) mass is 280 g/mol. The van der Waals surface area contributed by atoms with Gasteiger partial charge in [-0.3, -0.25) is 9.58 Å². The number of aromatic carboxylic acids is 1. The van der Waals surface area contributed by atoms with Crippen molar-refractivity contribution in [3.8, 4) is 0 Å². The molecule has 2 heterocycles. The Morgan fingerprint density at radius 1 is 1.55 bits per heavy atom. The highest BCUT2D eigenvalue weighted by Crippen LogP contribution is 2.25. The fourth-order valence-corrected chi connectivity index (χ4v) is 3.26. The lowest BCUT2D eigenvalue weighted by Crippen LogP contribution is -2.39. The van der Waals surface area contributed by atoms with Crippen molar-refractivity contribution in [1.82, 2.24) is 14.7 Å². The molecule has 0 radical (unpaired) electrons. The van der Waals surface area contributed by atoms with Crippen LogP contribution in [-0.4, -0.2) is 58.5 Å². The summed E-state index contributed by atoms with van der Waals surface area (Å²) in [4.78, 5) is 15.9. The van der Waals surface area contributed by atoms with E-state index in [0.717, 1.165) is 19.6 Å². The van der Waals surface area contributed by atoms with E-state index >= 15 is 0 Å². The molecule has 0 aromatic carbocycles. The summed E-state index contributed by atoms with van der Waals surface area (Å²) in [7, 11) is 3.76. The molecule has 1 aliphatic rings. The molecule has 1 aromatic heterocycles. The Labute approximate surface area is 120 Å². The van der Waals surface area contributed by atoms with E-state index in [1.54, 1.807) is 18.7 Å². The zero-order chi connectivity index (χ0) is 14.9. The second-order valence-corrected chi connectivity index (χ2v) is 5.52. The van der Waals surface area contributed by atoms with Crippen LogP contribution in [0, 0.1) is 6.92 Å². The van der Waals surface area contributed by atoms with Crippen LogP contribution in [0.5, 0.6) is 0 Å². The quantitative estimate of drug-likeness (QED) is 0.882. The summed E-state index contributed by atoms with van der Waals surface area (Å²) in [6.07, 6.45) is 2.40. The molecule has 0 aliphatic carbocycles. The third-order valence-corrected chi connectivity index (χ3v) is 4.16. The molecule has 2 rings (SSSR count). The topological polar surface area (TPSA) is 61.6 Å². The smallest absolute Gasteiger partial charge is 0.341 e. The summed E-state index contributed by atoms with van der Waals surface area (Å²) in [6.45, 7) is 6.96. The third-order valence-electron chi connectivity index (χ3n) is 4.16. The van der Waals surface area contributed by atoms with Crippen LogP contribution in [0.3, 0.4) is 0 Å². The van der Waals surface area contributed by atoms with Gasteiger partial charge in [-0.1, -0.05) is 6.92 Å². The second-order valence-electron chi connectivity index (χ2n) is 5.52. The highest BCUT2D eigenvalue weighted by atomic mass is 16.4. The number of nitrogens with zero attached hydrogens (tertiary/aromatic N) is 4.